The Hall–Kier alpha value is -3.89. The number of rotatable bonds is 10. The summed E-state index contributed by atoms with van der Waals surface area (Å²) in [6, 6.07) is 16.6. The van der Waals surface area contributed by atoms with Crippen LogP contribution < -0.4 is 14.8 Å². The highest BCUT2D eigenvalue weighted by molar-refractivity contribution is 7.89. The number of ether oxygens (including phenoxy) is 3. The third-order valence-corrected chi connectivity index (χ3v) is 7.43. The van der Waals surface area contributed by atoms with E-state index in [4.69, 9.17) is 14.2 Å². The van der Waals surface area contributed by atoms with Gasteiger partial charge in [0.05, 0.1) is 44.0 Å². The first-order valence-corrected chi connectivity index (χ1v) is 12.8. The Morgan fingerprint density at radius 2 is 1.51 bits per heavy atom. The van der Waals surface area contributed by atoms with Crippen LogP contribution in [0, 0.1) is 13.8 Å². The lowest BCUT2D eigenvalue weighted by atomic mass is 10.1. The number of aryl methyl sites for hydroxylation is 2. The zero-order valence-corrected chi connectivity index (χ0v) is 22.2. The van der Waals surface area contributed by atoms with Crippen LogP contribution in [-0.2, 0) is 26.1 Å². The van der Waals surface area contributed by atoms with Crippen LogP contribution >= 0.6 is 0 Å². The van der Waals surface area contributed by atoms with E-state index >= 15 is 0 Å². The van der Waals surface area contributed by atoms with Crippen LogP contribution in [0.2, 0.25) is 0 Å². The summed E-state index contributed by atoms with van der Waals surface area (Å²) in [5, 5.41) is 2.63. The van der Waals surface area contributed by atoms with Crippen LogP contribution in [0.1, 0.15) is 27.0 Å². The average Bonchev–Trinajstić information content (AvgIpc) is 2.87. The highest BCUT2D eigenvalue weighted by atomic mass is 32.2. The maximum atomic E-state index is 13.6. The van der Waals surface area contributed by atoms with Crippen LogP contribution in [0.4, 0.5) is 5.69 Å². The summed E-state index contributed by atoms with van der Waals surface area (Å²) in [5.41, 5.74) is 2.72. The van der Waals surface area contributed by atoms with E-state index in [1.165, 1.54) is 45.6 Å². The minimum absolute atomic E-state index is 0.0267. The van der Waals surface area contributed by atoms with Crippen molar-refractivity contribution in [3.8, 4) is 11.5 Å². The Morgan fingerprint density at radius 3 is 2.11 bits per heavy atom. The Bertz CT molecular complexity index is 1390. The first kappa shape index (κ1) is 27.7. The number of carbonyl (C=O) groups is 2. The molecule has 0 spiro atoms. The number of amides is 1. The molecule has 0 aliphatic carbocycles. The Kier molecular flexibility index (Phi) is 8.90. The standard InChI is InChI=1S/C27H30N2O7S/c1-18-9-11-21(12-10-18)37(32,33)29(16-20-8-6-7-19(2)13-20)17-26(30)28-23-15-25(35-4)24(34-3)14-22(23)27(31)36-5/h6-15H,16-17H2,1-5H3,(H,28,30). The molecule has 0 bridgehead atoms. The van der Waals surface area contributed by atoms with E-state index in [1.54, 1.807) is 18.2 Å². The number of carbonyl (C=O) groups excluding carboxylic acids is 2. The summed E-state index contributed by atoms with van der Waals surface area (Å²) < 4.78 is 43.6. The van der Waals surface area contributed by atoms with Crippen LogP contribution in [0.25, 0.3) is 0 Å². The first-order chi connectivity index (χ1) is 17.6. The van der Waals surface area contributed by atoms with Gasteiger partial charge in [-0.3, -0.25) is 4.79 Å². The van der Waals surface area contributed by atoms with Crippen molar-refractivity contribution in [1.29, 1.82) is 0 Å². The highest BCUT2D eigenvalue weighted by Gasteiger charge is 2.28. The predicted molar refractivity (Wildman–Crippen MR) is 139 cm³/mol. The number of benzene rings is 3. The number of hydrogen-bond acceptors (Lipinski definition) is 7. The van der Waals surface area contributed by atoms with E-state index in [0.29, 0.717) is 0 Å². The lowest BCUT2D eigenvalue weighted by Gasteiger charge is -2.23. The molecule has 0 saturated heterocycles. The molecular formula is C27H30N2O7S. The van der Waals surface area contributed by atoms with E-state index in [2.05, 4.69) is 5.32 Å². The van der Waals surface area contributed by atoms with Crippen molar-refractivity contribution in [3.05, 3.63) is 82.9 Å². The van der Waals surface area contributed by atoms with E-state index in [-0.39, 0.29) is 34.2 Å². The molecule has 3 aromatic carbocycles. The maximum absolute atomic E-state index is 13.6. The predicted octanol–water partition coefficient (Wildman–Crippen LogP) is 3.94. The van der Waals surface area contributed by atoms with Gasteiger partial charge in [-0.15, -0.1) is 0 Å². The minimum Gasteiger partial charge on any atom is -0.493 e. The van der Waals surface area contributed by atoms with Gasteiger partial charge in [-0.25, -0.2) is 13.2 Å². The number of esters is 1. The zero-order chi connectivity index (χ0) is 27.2. The lowest BCUT2D eigenvalue weighted by Crippen LogP contribution is -2.37. The number of hydrogen-bond donors (Lipinski definition) is 1. The summed E-state index contributed by atoms with van der Waals surface area (Å²) in [6.45, 7) is 3.23. The van der Waals surface area contributed by atoms with E-state index in [0.717, 1.165) is 21.0 Å². The SMILES string of the molecule is COC(=O)c1cc(OC)c(OC)cc1NC(=O)CN(Cc1cccc(C)c1)S(=O)(=O)c1ccc(C)cc1. The fourth-order valence-electron chi connectivity index (χ4n) is 3.71. The number of anilines is 1. The van der Waals surface area contributed by atoms with Crippen LogP contribution in [0.3, 0.4) is 0 Å². The fourth-order valence-corrected chi connectivity index (χ4v) is 5.09. The molecule has 1 amide bonds. The number of sulfonamides is 1. The number of nitrogens with zero attached hydrogens (tertiary/aromatic N) is 1. The third-order valence-electron chi connectivity index (χ3n) is 5.62. The summed E-state index contributed by atoms with van der Waals surface area (Å²) in [7, 11) is 0.00468. The molecule has 0 atom stereocenters. The van der Waals surface area contributed by atoms with E-state index in [9.17, 15) is 18.0 Å². The van der Waals surface area contributed by atoms with Gasteiger partial charge in [-0.1, -0.05) is 47.5 Å². The van der Waals surface area contributed by atoms with Gasteiger partial charge in [0.25, 0.3) is 0 Å². The van der Waals surface area contributed by atoms with Gasteiger partial charge in [0, 0.05) is 18.7 Å². The number of nitrogens with one attached hydrogen (secondary N) is 1. The average molecular weight is 527 g/mol. The molecule has 1 N–H and O–H groups in total. The Morgan fingerprint density at radius 1 is 0.865 bits per heavy atom. The van der Waals surface area contributed by atoms with Crippen molar-refractivity contribution in [3.63, 3.8) is 0 Å². The number of methoxy groups -OCH3 is 3. The molecule has 0 aromatic heterocycles. The first-order valence-electron chi connectivity index (χ1n) is 11.4. The molecule has 0 radical (unpaired) electrons. The molecule has 0 heterocycles. The molecule has 3 rings (SSSR count). The van der Waals surface area contributed by atoms with Gasteiger partial charge in [-0.2, -0.15) is 4.31 Å². The van der Waals surface area contributed by atoms with Gasteiger partial charge in [0.15, 0.2) is 11.5 Å². The zero-order valence-electron chi connectivity index (χ0n) is 21.4. The molecule has 0 saturated carbocycles. The van der Waals surface area contributed by atoms with Crippen molar-refractivity contribution in [2.75, 3.05) is 33.2 Å². The second-order valence-electron chi connectivity index (χ2n) is 8.37. The Labute approximate surface area is 217 Å². The van der Waals surface area contributed by atoms with Gasteiger partial charge in [0.2, 0.25) is 15.9 Å². The topological polar surface area (TPSA) is 111 Å². The van der Waals surface area contributed by atoms with Crippen molar-refractivity contribution in [2.45, 2.75) is 25.3 Å². The van der Waals surface area contributed by atoms with Crippen LogP contribution in [-0.4, -0.2) is 52.5 Å². The molecule has 9 nitrogen and oxygen atoms in total. The monoisotopic (exact) mass is 526 g/mol. The second kappa shape index (κ2) is 11.9. The molecular weight excluding hydrogens is 496 g/mol. The van der Waals surface area contributed by atoms with E-state index < -0.39 is 28.4 Å². The van der Waals surface area contributed by atoms with Gasteiger partial charge in [0.1, 0.15) is 0 Å². The van der Waals surface area contributed by atoms with Crippen molar-refractivity contribution < 1.29 is 32.2 Å². The van der Waals surface area contributed by atoms with E-state index in [1.807, 2.05) is 32.0 Å². The highest BCUT2D eigenvalue weighted by Crippen LogP contribution is 2.34. The largest absolute Gasteiger partial charge is 0.493 e. The quantitative estimate of drug-likeness (QED) is 0.399. The fraction of sp³-hybridized carbons (Fsp3) is 0.259. The molecule has 196 valence electrons. The summed E-state index contributed by atoms with van der Waals surface area (Å²) in [6.07, 6.45) is 0. The van der Waals surface area contributed by atoms with Gasteiger partial charge in [-0.05, 0) is 31.5 Å². The third kappa shape index (κ3) is 6.66. The molecule has 37 heavy (non-hydrogen) atoms. The molecule has 0 aliphatic rings. The summed E-state index contributed by atoms with van der Waals surface area (Å²) in [5.74, 6) is -0.820. The minimum atomic E-state index is -4.03. The maximum Gasteiger partial charge on any atom is 0.340 e. The molecule has 3 aromatic rings. The lowest BCUT2D eigenvalue weighted by molar-refractivity contribution is -0.116. The van der Waals surface area contributed by atoms with Crippen molar-refractivity contribution in [2.24, 2.45) is 0 Å². The Balaban J connectivity index is 1.97. The molecule has 0 unspecified atom stereocenters. The van der Waals surface area contributed by atoms with Crippen molar-refractivity contribution in [1.82, 2.24) is 4.31 Å². The smallest absolute Gasteiger partial charge is 0.340 e. The summed E-state index contributed by atoms with van der Waals surface area (Å²) in [4.78, 5) is 25.6. The van der Waals surface area contributed by atoms with Gasteiger partial charge < -0.3 is 19.5 Å². The molecule has 0 fully saturated rings. The van der Waals surface area contributed by atoms with Crippen LogP contribution in [0.15, 0.2) is 65.6 Å². The molecule has 0 aliphatic heterocycles. The summed E-state index contributed by atoms with van der Waals surface area (Å²) >= 11 is 0. The normalized spacial score (nSPS) is 11.2. The van der Waals surface area contributed by atoms with Crippen LogP contribution in [0.5, 0.6) is 11.5 Å². The molecule has 10 heteroatoms. The second-order valence-corrected chi connectivity index (χ2v) is 10.3. The van der Waals surface area contributed by atoms with Crippen molar-refractivity contribution >= 4 is 27.6 Å². The van der Waals surface area contributed by atoms with Gasteiger partial charge >= 0.3 is 5.97 Å².